The first-order chi connectivity index (χ1) is 22.3. The molecule has 0 saturated heterocycles. The standard InChI is InChI=1S/C35H43N3O9/c1-19-15-24-29(38-34(43)23-12-8-7-9-13-23)26(39)18-25(31(24)41)37-33(42)20(2)11-10-14-27(45-5)32(47-35(36)44)22(4)17-21(3)30(40)28(16-19)46-6/h7-15,17-18,21,27-28,30,32,39-41H,16H2,1-6H3,(H2,36,44)(H,37,42)(H,38,43)/b14-10?,19-15+,20-11+,22-17+/t21-,27-,28-,30+,32-/m0/s1. The number of allylic oxidation sites excluding steroid dienone is 2. The maximum absolute atomic E-state index is 13.1. The van der Waals surface area contributed by atoms with Gasteiger partial charge in [-0.15, -0.1) is 0 Å². The predicted molar refractivity (Wildman–Crippen MR) is 179 cm³/mol. The van der Waals surface area contributed by atoms with Gasteiger partial charge in [-0.3, -0.25) is 9.59 Å². The summed E-state index contributed by atoms with van der Waals surface area (Å²) in [5, 5.41) is 39.0. The van der Waals surface area contributed by atoms with Crippen molar-refractivity contribution in [2.45, 2.75) is 58.5 Å². The van der Waals surface area contributed by atoms with Crippen LogP contribution in [0.2, 0.25) is 0 Å². The van der Waals surface area contributed by atoms with Crippen LogP contribution in [0.25, 0.3) is 6.08 Å². The number of nitrogens with one attached hydrogen (secondary N) is 2. The third kappa shape index (κ3) is 9.55. The Labute approximate surface area is 274 Å². The number of anilines is 2. The molecule has 0 aromatic heterocycles. The minimum atomic E-state index is -1.04. The van der Waals surface area contributed by atoms with Gasteiger partial charge in [-0.2, -0.15) is 0 Å². The normalized spacial score (nSPS) is 26.1. The molecule has 2 aromatic rings. The number of amides is 3. The number of hydrogen-bond acceptors (Lipinski definition) is 9. The number of ether oxygens (including phenoxy) is 3. The van der Waals surface area contributed by atoms with Crippen molar-refractivity contribution in [1.82, 2.24) is 0 Å². The van der Waals surface area contributed by atoms with Gasteiger partial charge >= 0.3 is 6.09 Å². The van der Waals surface area contributed by atoms with Crippen molar-refractivity contribution >= 4 is 35.4 Å². The Morgan fingerprint density at radius 1 is 1.06 bits per heavy atom. The van der Waals surface area contributed by atoms with Crippen molar-refractivity contribution in [1.29, 1.82) is 0 Å². The molecule has 1 aliphatic heterocycles. The Morgan fingerprint density at radius 3 is 2.36 bits per heavy atom. The summed E-state index contributed by atoms with van der Waals surface area (Å²) < 4.78 is 16.6. The van der Waals surface area contributed by atoms with Gasteiger partial charge in [0.1, 0.15) is 17.6 Å². The quantitative estimate of drug-likeness (QED) is 0.146. The maximum Gasteiger partial charge on any atom is 0.405 e. The number of hydrogen-bond donors (Lipinski definition) is 6. The molecule has 7 N–H and O–H groups in total. The maximum atomic E-state index is 13.1. The summed E-state index contributed by atoms with van der Waals surface area (Å²) in [6, 6.07) is 9.47. The lowest BCUT2D eigenvalue weighted by Crippen LogP contribution is -2.36. The number of aromatic hydroxyl groups is 2. The second-order valence-electron chi connectivity index (χ2n) is 11.4. The van der Waals surface area contributed by atoms with E-state index in [9.17, 15) is 29.7 Å². The molecule has 2 aromatic carbocycles. The van der Waals surface area contributed by atoms with E-state index in [4.69, 9.17) is 19.9 Å². The van der Waals surface area contributed by atoms with Crippen molar-refractivity contribution in [3.63, 3.8) is 0 Å². The van der Waals surface area contributed by atoms with Crippen molar-refractivity contribution in [3.8, 4) is 11.5 Å². The number of benzene rings is 2. The van der Waals surface area contributed by atoms with Crippen molar-refractivity contribution in [2.24, 2.45) is 11.7 Å². The third-order valence-electron chi connectivity index (χ3n) is 7.77. The molecular weight excluding hydrogens is 606 g/mol. The number of aliphatic hydroxyl groups excluding tert-OH is 1. The van der Waals surface area contributed by atoms with E-state index in [2.05, 4.69) is 10.6 Å². The average molecular weight is 650 g/mol. The van der Waals surface area contributed by atoms with E-state index >= 15 is 0 Å². The molecule has 12 heteroatoms. The van der Waals surface area contributed by atoms with Gasteiger partial charge in [-0.25, -0.2) is 4.79 Å². The van der Waals surface area contributed by atoms with Crippen LogP contribution in [0, 0.1) is 5.92 Å². The van der Waals surface area contributed by atoms with Crippen molar-refractivity contribution in [3.05, 3.63) is 88.5 Å². The number of carbonyl (C=O) groups is 3. The average Bonchev–Trinajstić information content (AvgIpc) is 3.04. The molecule has 5 atom stereocenters. The monoisotopic (exact) mass is 649 g/mol. The number of primary amides is 1. The topological polar surface area (TPSA) is 190 Å². The van der Waals surface area contributed by atoms with Crippen molar-refractivity contribution < 1.29 is 43.9 Å². The zero-order valence-electron chi connectivity index (χ0n) is 27.3. The summed E-state index contributed by atoms with van der Waals surface area (Å²) in [6.45, 7) is 6.76. The van der Waals surface area contributed by atoms with Gasteiger partial charge in [-0.1, -0.05) is 55.0 Å². The predicted octanol–water partition coefficient (Wildman–Crippen LogP) is 5.04. The minimum Gasteiger partial charge on any atom is -0.506 e. The fourth-order valence-electron chi connectivity index (χ4n) is 5.19. The largest absolute Gasteiger partial charge is 0.506 e. The molecule has 0 unspecified atom stereocenters. The first-order valence-corrected chi connectivity index (χ1v) is 14.9. The first-order valence-electron chi connectivity index (χ1n) is 14.9. The van der Waals surface area contributed by atoms with Crippen LogP contribution in [-0.2, 0) is 19.0 Å². The summed E-state index contributed by atoms with van der Waals surface area (Å²) in [7, 11) is 2.87. The molecule has 47 heavy (non-hydrogen) atoms. The van der Waals surface area contributed by atoms with E-state index in [0.717, 1.165) is 6.07 Å². The smallest absolute Gasteiger partial charge is 0.405 e. The molecule has 252 valence electrons. The van der Waals surface area contributed by atoms with Gasteiger partial charge in [0.2, 0.25) is 0 Å². The number of aliphatic hydroxyl groups is 1. The molecular formula is C35H43N3O9. The van der Waals surface area contributed by atoms with Gasteiger partial charge in [0.15, 0.2) is 6.10 Å². The molecule has 0 fully saturated rings. The number of fused-ring (bicyclic) bond motifs is 2. The van der Waals surface area contributed by atoms with Gasteiger partial charge in [-0.05, 0) is 51.0 Å². The third-order valence-corrected chi connectivity index (χ3v) is 7.77. The summed E-state index contributed by atoms with van der Waals surface area (Å²) >= 11 is 0. The molecule has 0 radical (unpaired) electrons. The summed E-state index contributed by atoms with van der Waals surface area (Å²) in [6.07, 6.45) is 3.50. The SMILES string of the molecule is CO[C@H]1C=C/C=C(\C)C(=O)Nc2cc(O)c(NC(=O)c3ccccc3)c(c2O)/C=C(\C)C[C@H](OC)[C@H](O)[C@@H](C)/C=C(\C)[C@@H]1OC(N)=O. The van der Waals surface area contributed by atoms with Gasteiger partial charge in [0.25, 0.3) is 11.8 Å². The van der Waals surface area contributed by atoms with Crippen LogP contribution in [0.3, 0.4) is 0 Å². The van der Waals surface area contributed by atoms with E-state index < -0.39 is 59.7 Å². The number of phenols is 2. The van der Waals surface area contributed by atoms with Crippen LogP contribution in [0.5, 0.6) is 11.5 Å². The van der Waals surface area contributed by atoms with E-state index in [1.165, 1.54) is 39.4 Å². The summed E-state index contributed by atoms with van der Waals surface area (Å²) in [5.74, 6) is -2.45. The number of nitrogens with two attached hydrogens (primary N) is 1. The summed E-state index contributed by atoms with van der Waals surface area (Å²) in [4.78, 5) is 38.0. The number of methoxy groups -OCH3 is 2. The second kappa shape index (κ2) is 16.6. The van der Waals surface area contributed by atoms with E-state index in [0.29, 0.717) is 16.7 Å². The lowest BCUT2D eigenvalue weighted by molar-refractivity contribution is -0.112. The van der Waals surface area contributed by atoms with Gasteiger partial charge in [0, 0.05) is 42.9 Å². The highest BCUT2D eigenvalue weighted by Crippen LogP contribution is 2.42. The molecule has 3 amide bonds. The number of rotatable bonds is 5. The lowest BCUT2D eigenvalue weighted by Gasteiger charge is -2.28. The molecule has 0 spiro atoms. The Bertz CT molecular complexity index is 1580. The second-order valence-corrected chi connectivity index (χ2v) is 11.4. The van der Waals surface area contributed by atoms with Crippen LogP contribution >= 0.6 is 0 Å². The fourth-order valence-corrected chi connectivity index (χ4v) is 5.19. The number of carbonyl (C=O) groups excluding carboxylic acids is 3. The van der Waals surface area contributed by atoms with E-state index in [1.54, 1.807) is 63.3 Å². The van der Waals surface area contributed by atoms with Crippen LogP contribution in [0.4, 0.5) is 16.2 Å². The molecule has 12 nitrogen and oxygen atoms in total. The highest BCUT2D eigenvalue weighted by Gasteiger charge is 2.29. The Morgan fingerprint density at radius 2 is 1.74 bits per heavy atom. The Kier molecular flexibility index (Phi) is 12.9. The zero-order chi connectivity index (χ0) is 34.8. The first kappa shape index (κ1) is 36.6. The molecule has 2 bridgehead atoms. The molecule has 3 rings (SSSR count). The Balaban J connectivity index is 2.18. The van der Waals surface area contributed by atoms with Gasteiger partial charge in [0.05, 0.1) is 23.6 Å². The highest BCUT2D eigenvalue weighted by atomic mass is 16.6. The van der Waals surface area contributed by atoms with E-state index in [-0.39, 0.29) is 28.9 Å². The van der Waals surface area contributed by atoms with Crippen LogP contribution in [0.15, 0.2) is 77.4 Å². The molecule has 1 heterocycles. The van der Waals surface area contributed by atoms with Crippen LogP contribution < -0.4 is 16.4 Å². The highest BCUT2D eigenvalue weighted by molar-refractivity contribution is 6.08. The summed E-state index contributed by atoms with van der Waals surface area (Å²) in [5.41, 5.74) is 6.90. The van der Waals surface area contributed by atoms with Gasteiger partial charge < -0.3 is 45.9 Å². The van der Waals surface area contributed by atoms with Crippen molar-refractivity contribution in [2.75, 3.05) is 24.9 Å². The molecule has 0 saturated carbocycles. The zero-order valence-corrected chi connectivity index (χ0v) is 27.3. The fraction of sp³-hybridized carbons (Fsp3) is 0.343. The number of phenolic OH excluding ortho intramolecular Hbond substituents is 2. The van der Waals surface area contributed by atoms with E-state index in [1.807, 2.05) is 0 Å². The van der Waals surface area contributed by atoms with Crippen LogP contribution in [0.1, 0.15) is 50.0 Å². The Hall–Kier alpha value is -4.91. The molecule has 0 aliphatic carbocycles. The van der Waals surface area contributed by atoms with Crippen LogP contribution in [-0.4, -0.2) is 71.9 Å². The minimum absolute atomic E-state index is 0.0315. The molecule has 1 aliphatic rings. The lowest BCUT2D eigenvalue weighted by atomic mass is 9.91.